The smallest absolute Gasteiger partial charge is 0.135 e. The highest BCUT2D eigenvalue weighted by Crippen LogP contribution is 2.24. The number of fused-ring (bicyclic) bond motifs is 1. The van der Waals surface area contributed by atoms with Crippen LogP contribution < -0.4 is 0 Å². The number of hydrogen-bond acceptors (Lipinski definition) is 3. The lowest BCUT2D eigenvalue weighted by atomic mass is 10.2. The van der Waals surface area contributed by atoms with Crippen LogP contribution in [0, 0.1) is 0 Å². The molecule has 0 bridgehead atoms. The molecule has 2 aromatic carbocycles. The van der Waals surface area contributed by atoms with Crippen molar-refractivity contribution in [3.8, 4) is 11.5 Å². The Labute approximate surface area is 110 Å². The molecule has 94 valence electrons. The van der Waals surface area contributed by atoms with Crippen molar-refractivity contribution in [2.24, 2.45) is 0 Å². The van der Waals surface area contributed by atoms with Crippen LogP contribution in [-0.4, -0.2) is 10.2 Å². The van der Waals surface area contributed by atoms with Crippen LogP contribution in [0.3, 0.4) is 0 Å². The normalized spacial score (nSPS) is 11.4. The van der Waals surface area contributed by atoms with Crippen LogP contribution in [0.4, 0.5) is 0 Å². The minimum atomic E-state index is 0.224. The summed E-state index contributed by atoms with van der Waals surface area (Å²) < 4.78 is 5.62. The molecule has 0 aliphatic rings. The average Bonchev–Trinajstić information content (AvgIpc) is 2.80. The molecule has 3 rings (SSSR count). The second kappa shape index (κ2) is 4.53. The summed E-state index contributed by atoms with van der Waals surface area (Å²) in [7, 11) is 0. The van der Waals surface area contributed by atoms with Crippen molar-refractivity contribution in [2.75, 3.05) is 0 Å². The molecule has 0 saturated carbocycles. The van der Waals surface area contributed by atoms with Gasteiger partial charge in [-0.25, -0.2) is 0 Å². The van der Waals surface area contributed by atoms with Gasteiger partial charge in [-0.1, -0.05) is 18.2 Å². The molecule has 19 heavy (non-hydrogen) atoms. The fourth-order valence-electron chi connectivity index (χ4n) is 1.90. The predicted molar refractivity (Wildman–Crippen MR) is 74.9 cm³/mol. The fraction of sp³-hybridized carbons (Fsp3) is 0. The van der Waals surface area contributed by atoms with E-state index in [1.165, 1.54) is 0 Å². The van der Waals surface area contributed by atoms with Crippen LogP contribution in [-0.2, 0) is 0 Å². The van der Waals surface area contributed by atoms with Gasteiger partial charge in [-0.15, -0.1) is 0 Å². The van der Waals surface area contributed by atoms with Gasteiger partial charge in [-0.2, -0.15) is 0 Å². The number of hydrogen-bond donors (Lipinski definition) is 2. The number of furan rings is 1. The first-order chi connectivity index (χ1) is 9.20. The molecule has 0 aliphatic heterocycles. The molecule has 0 atom stereocenters. The maximum atomic E-state index is 9.39. The molecule has 3 aromatic rings. The minimum Gasteiger partial charge on any atom is -0.508 e. The summed E-state index contributed by atoms with van der Waals surface area (Å²) in [6, 6.07) is 13.8. The summed E-state index contributed by atoms with van der Waals surface area (Å²) >= 11 is 0. The molecule has 0 amide bonds. The zero-order chi connectivity index (χ0) is 13.2. The second-order valence-corrected chi connectivity index (χ2v) is 4.30. The number of rotatable bonds is 2. The highest BCUT2D eigenvalue weighted by molar-refractivity contribution is 5.82. The van der Waals surface area contributed by atoms with E-state index in [0.29, 0.717) is 5.76 Å². The van der Waals surface area contributed by atoms with E-state index in [2.05, 4.69) is 0 Å². The molecular formula is C16H12O3. The summed E-state index contributed by atoms with van der Waals surface area (Å²) in [5.41, 5.74) is 1.71. The molecule has 0 unspecified atom stereocenters. The van der Waals surface area contributed by atoms with Crippen LogP contribution in [0.15, 0.2) is 52.9 Å². The zero-order valence-electron chi connectivity index (χ0n) is 10.1. The van der Waals surface area contributed by atoms with Crippen LogP contribution in [0.2, 0.25) is 0 Å². The highest BCUT2D eigenvalue weighted by Gasteiger charge is 2.01. The lowest BCUT2D eigenvalue weighted by molar-refractivity contribution is 0.475. The van der Waals surface area contributed by atoms with Gasteiger partial charge in [-0.3, -0.25) is 0 Å². The average molecular weight is 252 g/mol. The number of benzene rings is 2. The summed E-state index contributed by atoms with van der Waals surface area (Å²) in [5.74, 6) is 1.19. The van der Waals surface area contributed by atoms with Crippen LogP contribution in [0.1, 0.15) is 11.3 Å². The van der Waals surface area contributed by atoms with Crippen molar-refractivity contribution in [3.05, 3.63) is 59.9 Å². The third-order valence-corrected chi connectivity index (χ3v) is 2.85. The SMILES string of the molecule is Oc1ccc(/C=C/c2cc3cc(O)ccc3o2)cc1. The Morgan fingerprint density at radius 2 is 1.53 bits per heavy atom. The van der Waals surface area contributed by atoms with E-state index in [-0.39, 0.29) is 11.5 Å². The van der Waals surface area contributed by atoms with Crippen molar-refractivity contribution >= 4 is 23.1 Å². The van der Waals surface area contributed by atoms with Crippen LogP contribution in [0.25, 0.3) is 23.1 Å². The largest absolute Gasteiger partial charge is 0.508 e. The van der Waals surface area contributed by atoms with E-state index in [0.717, 1.165) is 16.5 Å². The van der Waals surface area contributed by atoms with Gasteiger partial charge >= 0.3 is 0 Å². The first-order valence-corrected chi connectivity index (χ1v) is 5.90. The van der Waals surface area contributed by atoms with E-state index in [9.17, 15) is 10.2 Å². The van der Waals surface area contributed by atoms with E-state index in [4.69, 9.17) is 4.42 Å². The van der Waals surface area contributed by atoms with Gasteiger partial charge < -0.3 is 14.6 Å². The third-order valence-electron chi connectivity index (χ3n) is 2.85. The van der Waals surface area contributed by atoms with Gasteiger partial charge in [0.25, 0.3) is 0 Å². The van der Waals surface area contributed by atoms with Crippen LogP contribution >= 0.6 is 0 Å². The van der Waals surface area contributed by atoms with Gasteiger partial charge in [0.15, 0.2) is 0 Å². The molecule has 0 radical (unpaired) electrons. The van der Waals surface area contributed by atoms with Crippen molar-refractivity contribution in [3.63, 3.8) is 0 Å². The first kappa shape index (κ1) is 11.4. The fourth-order valence-corrected chi connectivity index (χ4v) is 1.90. The van der Waals surface area contributed by atoms with Crippen molar-refractivity contribution in [1.29, 1.82) is 0 Å². The first-order valence-electron chi connectivity index (χ1n) is 5.90. The Hall–Kier alpha value is -2.68. The van der Waals surface area contributed by atoms with E-state index in [1.54, 1.807) is 30.3 Å². The standard InChI is InChI=1S/C16H12O3/c17-13-4-1-11(2-5-13)3-7-15-10-12-9-14(18)6-8-16(12)19-15/h1-10,17-18H/b7-3+. The monoisotopic (exact) mass is 252 g/mol. The van der Waals surface area contributed by atoms with E-state index < -0.39 is 0 Å². The number of phenols is 2. The minimum absolute atomic E-state index is 0.224. The molecular weight excluding hydrogens is 240 g/mol. The second-order valence-electron chi connectivity index (χ2n) is 4.30. The van der Waals surface area contributed by atoms with Gasteiger partial charge in [0.1, 0.15) is 22.8 Å². The lowest BCUT2D eigenvalue weighted by Gasteiger charge is -1.93. The quantitative estimate of drug-likeness (QED) is 0.724. The summed E-state index contributed by atoms with van der Waals surface area (Å²) in [4.78, 5) is 0. The van der Waals surface area contributed by atoms with Crippen molar-refractivity contribution < 1.29 is 14.6 Å². The molecule has 1 heterocycles. The molecule has 0 fully saturated rings. The van der Waals surface area contributed by atoms with Gasteiger partial charge in [0, 0.05) is 5.39 Å². The van der Waals surface area contributed by atoms with E-state index >= 15 is 0 Å². The van der Waals surface area contributed by atoms with Gasteiger partial charge in [-0.05, 0) is 48.0 Å². The zero-order valence-corrected chi connectivity index (χ0v) is 10.1. The third kappa shape index (κ3) is 2.45. The van der Waals surface area contributed by atoms with Gasteiger partial charge in [0.2, 0.25) is 0 Å². The maximum Gasteiger partial charge on any atom is 0.135 e. The molecule has 2 N–H and O–H groups in total. The Morgan fingerprint density at radius 1 is 0.789 bits per heavy atom. The Kier molecular flexibility index (Phi) is 2.72. The molecule has 0 aliphatic carbocycles. The Bertz CT molecular complexity index is 736. The van der Waals surface area contributed by atoms with E-state index in [1.807, 2.05) is 30.4 Å². The summed E-state index contributed by atoms with van der Waals surface area (Å²) in [6.45, 7) is 0. The number of aromatic hydroxyl groups is 2. The predicted octanol–water partition coefficient (Wildman–Crippen LogP) is 4.01. The topological polar surface area (TPSA) is 53.6 Å². The highest BCUT2D eigenvalue weighted by atomic mass is 16.3. The van der Waals surface area contributed by atoms with Gasteiger partial charge in [0.05, 0.1) is 0 Å². The molecule has 3 heteroatoms. The molecule has 1 aromatic heterocycles. The number of phenolic OH excluding ortho intramolecular Hbond substituents is 2. The molecule has 0 saturated heterocycles. The van der Waals surface area contributed by atoms with Crippen LogP contribution in [0.5, 0.6) is 11.5 Å². The summed E-state index contributed by atoms with van der Waals surface area (Å²) in [5, 5.41) is 19.5. The Morgan fingerprint density at radius 3 is 2.32 bits per heavy atom. The lowest BCUT2D eigenvalue weighted by Crippen LogP contribution is -1.70. The van der Waals surface area contributed by atoms with Crippen molar-refractivity contribution in [1.82, 2.24) is 0 Å². The molecule has 0 spiro atoms. The Balaban J connectivity index is 1.90. The molecule has 3 nitrogen and oxygen atoms in total. The maximum absolute atomic E-state index is 9.39. The summed E-state index contributed by atoms with van der Waals surface area (Å²) in [6.07, 6.45) is 3.75. The van der Waals surface area contributed by atoms with Crippen molar-refractivity contribution in [2.45, 2.75) is 0 Å².